The number of hydrogen-bond acceptors (Lipinski definition) is 1. The molecule has 0 bridgehead atoms. The Morgan fingerprint density at radius 2 is 1.84 bits per heavy atom. The van der Waals surface area contributed by atoms with E-state index in [0.717, 1.165) is 11.1 Å². The van der Waals surface area contributed by atoms with Crippen molar-refractivity contribution in [3.05, 3.63) is 69.5 Å². The fourth-order valence-corrected chi connectivity index (χ4v) is 2.54. The van der Waals surface area contributed by atoms with Gasteiger partial charge in [0.2, 0.25) is 0 Å². The number of rotatable bonds is 4. The van der Waals surface area contributed by atoms with Crippen molar-refractivity contribution in [2.24, 2.45) is 0 Å². The Labute approximate surface area is 122 Å². The van der Waals surface area contributed by atoms with Gasteiger partial charge in [-0.3, -0.25) is 0 Å². The highest BCUT2D eigenvalue weighted by Gasteiger charge is 2.14. The summed E-state index contributed by atoms with van der Waals surface area (Å²) in [5.74, 6) is -0.326. The van der Waals surface area contributed by atoms with E-state index >= 15 is 0 Å². The minimum atomic E-state index is -0.326. The molecule has 1 N–H and O–H groups in total. The zero-order chi connectivity index (χ0) is 13.8. The van der Waals surface area contributed by atoms with E-state index in [9.17, 15) is 4.39 Å². The minimum Gasteiger partial charge on any atom is -0.313 e. The van der Waals surface area contributed by atoms with E-state index in [4.69, 9.17) is 23.2 Å². The molecule has 2 aromatic carbocycles. The molecule has 100 valence electrons. The van der Waals surface area contributed by atoms with Gasteiger partial charge >= 0.3 is 0 Å². The number of nitrogens with one attached hydrogen (secondary N) is 1. The van der Waals surface area contributed by atoms with E-state index in [0.29, 0.717) is 16.5 Å². The molecule has 0 amide bonds. The molecule has 0 aliphatic carbocycles. The minimum absolute atomic E-state index is 0.0386. The Morgan fingerprint density at radius 3 is 2.47 bits per heavy atom. The molecule has 1 nitrogen and oxygen atoms in total. The number of likely N-dealkylation sites (N-methyl/N-ethyl adjacent to an activating group) is 1. The van der Waals surface area contributed by atoms with Gasteiger partial charge in [-0.2, -0.15) is 0 Å². The molecular weight excluding hydrogens is 284 g/mol. The van der Waals surface area contributed by atoms with Crippen LogP contribution >= 0.6 is 23.2 Å². The van der Waals surface area contributed by atoms with Crippen molar-refractivity contribution in [2.75, 3.05) is 7.05 Å². The summed E-state index contributed by atoms with van der Waals surface area (Å²) in [5, 5.41) is 4.36. The van der Waals surface area contributed by atoms with Crippen LogP contribution in [0.1, 0.15) is 17.2 Å². The van der Waals surface area contributed by atoms with Gasteiger partial charge in [-0.25, -0.2) is 4.39 Å². The van der Waals surface area contributed by atoms with Gasteiger partial charge in [0.05, 0.1) is 0 Å². The molecule has 1 unspecified atom stereocenters. The number of benzene rings is 2. The largest absolute Gasteiger partial charge is 0.313 e. The van der Waals surface area contributed by atoms with E-state index in [2.05, 4.69) is 5.32 Å². The van der Waals surface area contributed by atoms with Crippen LogP contribution in [0.4, 0.5) is 4.39 Å². The molecule has 0 spiro atoms. The normalized spacial score (nSPS) is 12.4. The van der Waals surface area contributed by atoms with Crippen molar-refractivity contribution in [3.8, 4) is 0 Å². The Hall–Kier alpha value is -1.09. The van der Waals surface area contributed by atoms with Gasteiger partial charge in [0, 0.05) is 16.1 Å². The molecule has 0 saturated heterocycles. The molecule has 2 aromatic rings. The lowest BCUT2D eigenvalue weighted by atomic mass is 9.99. The van der Waals surface area contributed by atoms with E-state index in [1.807, 2.05) is 31.3 Å². The van der Waals surface area contributed by atoms with Crippen LogP contribution in [0.2, 0.25) is 10.0 Å². The highest BCUT2D eigenvalue weighted by Crippen LogP contribution is 2.28. The molecule has 0 fully saturated rings. The number of halogens is 3. The molecule has 1 atom stereocenters. The Morgan fingerprint density at radius 1 is 1.11 bits per heavy atom. The Kier molecular flexibility index (Phi) is 4.81. The van der Waals surface area contributed by atoms with E-state index in [1.54, 1.807) is 6.07 Å². The summed E-state index contributed by atoms with van der Waals surface area (Å²) in [4.78, 5) is 0. The molecule has 0 radical (unpaired) electrons. The zero-order valence-electron chi connectivity index (χ0n) is 10.5. The molecular formula is C15H14Cl2FN. The van der Waals surface area contributed by atoms with Crippen LogP contribution in [0.3, 0.4) is 0 Å². The first kappa shape index (κ1) is 14.3. The van der Waals surface area contributed by atoms with Crippen molar-refractivity contribution in [1.82, 2.24) is 5.32 Å². The van der Waals surface area contributed by atoms with Crippen LogP contribution in [-0.2, 0) is 6.42 Å². The van der Waals surface area contributed by atoms with Crippen molar-refractivity contribution >= 4 is 23.2 Å². The maximum absolute atomic E-state index is 13.0. The molecule has 0 aliphatic rings. The predicted molar refractivity (Wildman–Crippen MR) is 78.4 cm³/mol. The van der Waals surface area contributed by atoms with Crippen LogP contribution < -0.4 is 5.32 Å². The summed E-state index contributed by atoms with van der Waals surface area (Å²) in [7, 11) is 1.87. The fourth-order valence-electron chi connectivity index (χ4n) is 2.03. The van der Waals surface area contributed by atoms with Crippen LogP contribution in [0.15, 0.2) is 42.5 Å². The second-order valence-corrected chi connectivity index (χ2v) is 5.12. The summed E-state index contributed by atoms with van der Waals surface area (Å²) in [6.45, 7) is 0. The average molecular weight is 298 g/mol. The molecule has 2 rings (SSSR count). The topological polar surface area (TPSA) is 12.0 Å². The van der Waals surface area contributed by atoms with Crippen molar-refractivity contribution in [2.45, 2.75) is 12.5 Å². The monoisotopic (exact) mass is 297 g/mol. The molecule has 4 heteroatoms. The van der Waals surface area contributed by atoms with Gasteiger partial charge in [0.15, 0.2) is 0 Å². The van der Waals surface area contributed by atoms with Gasteiger partial charge in [-0.1, -0.05) is 47.5 Å². The molecule has 0 saturated carbocycles. The summed E-state index contributed by atoms with van der Waals surface area (Å²) in [6.07, 6.45) is 0.652. The van der Waals surface area contributed by atoms with Gasteiger partial charge < -0.3 is 5.32 Å². The Bertz CT molecular complexity index is 572. The first-order valence-corrected chi connectivity index (χ1v) is 6.73. The van der Waals surface area contributed by atoms with E-state index < -0.39 is 0 Å². The molecule has 19 heavy (non-hydrogen) atoms. The average Bonchev–Trinajstić information content (AvgIpc) is 2.39. The van der Waals surface area contributed by atoms with Crippen LogP contribution in [0, 0.1) is 5.82 Å². The third-order valence-corrected chi connectivity index (χ3v) is 3.76. The lowest BCUT2D eigenvalue weighted by molar-refractivity contribution is 0.589. The summed E-state index contributed by atoms with van der Waals surface area (Å²) >= 11 is 12.3. The first-order chi connectivity index (χ1) is 9.11. The second kappa shape index (κ2) is 6.38. The summed E-state index contributed by atoms with van der Waals surface area (Å²) < 4.78 is 13.0. The van der Waals surface area contributed by atoms with Crippen molar-refractivity contribution in [3.63, 3.8) is 0 Å². The zero-order valence-corrected chi connectivity index (χ0v) is 12.0. The van der Waals surface area contributed by atoms with Gasteiger partial charge in [-0.05, 0) is 42.8 Å². The highest BCUT2D eigenvalue weighted by atomic mass is 35.5. The fraction of sp³-hybridized carbons (Fsp3) is 0.200. The quantitative estimate of drug-likeness (QED) is 0.867. The van der Waals surface area contributed by atoms with Gasteiger partial charge in [0.25, 0.3) is 0 Å². The standard InChI is InChI=1S/C15H14Cl2FN/c1-19-15(12-4-2-3-5-13(12)16)8-10-6-7-11(18)9-14(10)17/h2-7,9,15,19H,8H2,1H3. The van der Waals surface area contributed by atoms with Gasteiger partial charge in [-0.15, -0.1) is 0 Å². The number of hydrogen-bond donors (Lipinski definition) is 1. The third kappa shape index (κ3) is 3.47. The maximum Gasteiger partial charge on any atom is 0.124 e. The second-order valence-electron chi connectivity index (χ2n) is 4.30. The van der Waals surface area contributed by atoms with E-state index in [1.165, 1.54) is 12.1 Å². The summed E-state index contributed by atoms with van der Waals surface area (Å²) in [5.41, 5.74) is 1.90. The Balaban J connectivity index is 2.27. The van der Waals surface area contributed by atoms with Crippen molar-refractivity contribution < 1.29 is 4.39 Å². The molecule has 0 aliphatic heterocycles. The van der Waals surface area contributed by atoms with Crippen molar-refractivity contribution in [1.29, 1.82) is 0 Å². The highest BCUT2D eigenvalue weighted by molar-refractivity contribution is 6.31. The van der Waals surface area contributed by atoms with E-state index in [-0.39, 0.29) is 11.9 Å². The third-order valence-electron chi connectivity index (χ3n) is 3.07. The van der Waals surface area contributed by atoms with Crippen LogP contribution in [0.25, 0.3) is 0 Å². The van der Waals surface area contributed by atoms with Gasteiger partial charge in [0.1, 0.15) is 5.82 Å². The van der Waals surface area contributed by atoms with Crippen LogP contribution in [-0.4, -0.2) is 7.05 Å². The SMILES string of the molecule is CNC(Cc1ccc(F)cc1Cl)c1ccccc1Cl. The first-order valence-electron chi connectivity index (χ1n) is 5.97. The molecule has 0 heterocycles. The lowest BCUT2D eigenvalue weighted by Crippen LogP contribution is -2.19. The smallest absolute Gasteiger partial charge is 0.124 e. The lowest BCUT2D eigenvalue weighted by Gasteiger charge is -2.18. The van der Waals surface area contributed by atoms with Crippen LogP contribution in [0.5, 0.6) is 0 Å². The predicted octanol–water partition coefficient (Wildman–Crippen LogP) is 4.64. The maximum atomic E-state index is 13.0. The summed E-state index contributed by atoms with van der Waals surface area (Å²) in [6, 6.07) is 12.2. The molecule has 0 aromatic heterocycles.